The predicted molar refractivity (Wildman–Crippen MR) is 54.5 cm³/mol. The molecule has 78 valence electrons. The number of alkyl halides is 1. The summed E-state index contributed by atoms with van der Waals surface area (Å²) in [7, 11) is 0. The van der Waals surface area contributed by atoms with Gasteiger partial charge in [-0.05, 0) is 5.56 Å². The molecule has 0 aliphatic carbocycles. The van der Waals surface area contributed by atoms with Crippen LogP contribution in [0.4, 0.5) is 0 Å². The van der Waals surface area contributed by atoms with Gasteiger partial charge in [-0.25, -0.2) is 0 Å². The number of hydrogen-bond donors (Lipinski definition) is 1. The van der Waals surface area contributed by atoms with Crippen molar-refractivity contribution in [2.75, 3.05) is 6.61 Å². The quantitative estimate of drug-likeness (QED) is 0.530. The monoisotopic (exact) mass is 238 g/mol. The molecule has 1 aromatic rings. The Labute approximate surface area is 117 Å². The van der Waals surface area contributed by atoms with Gasteiger partial charge in [0.1, 0.15) is 0 Å². The van der Waals surface area contributed by atoms with Gasteiger partial charge >= 0.3 is 35.5 Å². The Bertz CT molecular complexity index is 297. The minimum absolute atomic E-state index is 0. The Hall–Kier alpha value is -0.0600. The Kier molecular flexibility index (Phi) is 8.10. The maximum Gasteiger partial charge on any atom is 1.00 e. The fraction of sp³-hybridized carbons (Fsp3) is 0.300. The van der Waals surface area contributed by atoms with Gasteiger partial charge in [-0.15, -0.1) is 11.6 Å². The molecule has 1 rings (SSSR count). The standard InChI is InChI=1S/C10H11ClO3.Na.H/c11-9(10(12)13)7-14-6-8-4-2-1-3-5-8;;/h1-5,9H,6-7H2,(H,12,13);;/q;+1;-1. The summed E-state index contributed by atoms with van der Waals surface area (Å²) in [6.07, 6.45) is 0. The summed E-state index contributed by atoms with van der Waals surface area (Å²) in [5.74, 6) is -1.06. The van der Waals surface area contributed by atoms with Crippen LogP contribution in [0.15, 0.2) is 30.3 Å². The zero-order valence-corrected chi connectivity index (χ0v) is 11.3. The van der Waals surface area contributed by atoms with E-state index in [2.05, 4.69) is 0 Å². The van der Waals surface area contributed by atoms with Crippen LogP contribution in [0.2, 0.25) is 0 Å². The number of ether oxygens (including phenoxy) is 1. The average Bonchev–Trinajstić information content (AvgIpc) is 2.19. The molecule has 0 amide bonds. The Balaban J connectivity index is 0. The van der Waals surface area contributed by atoms with E-state index in [0.717, 1.165) is 5.56 Å². The zero-order valence-electron chi connectivity index (χ0n) is 9.52. The van der Waals surface area contributed by atoms with E-state index >= 15 is 0 Å². The van der Waals surface area contributed by atoms with Crippen LogP contribution < -0.4 is 29.6 Å². The molecule has 3 nitrogen and oxygen atoms in total. The van der Waals surface area contributed by atoms with Crippen LogP contribution in [0.25, 0.3) is 0 Å². The zero-order chi connectivity index (χ0) is 10.4. The number of carboxylic acids is 1. The fourth-order valence-corrected chi connectivity index (χ4v) is 1.01. The molecule has 0 spiro atoms. The van der Waals surface area contributed by atoms with E-state index in [1.165, 1.54) is 0 Å². The molecule has 1 N–H and O–H groups in total. The number of carboxylic acid groups (broad SMARTS) is 1. The number of aliphatic carboxylic acids is 1. The molecule has 1 unspecified atom stereocenters. The fourth-order valence-electron chi connectivity index (χ4n) is 0.926. The van der Waals surface area contributed by atoms with E-state index in [4.69, 9.17) is 21.4 Å². The van der Waals surface area contributed by atoms with Crippen LogP contribution in [0, 0.1) is 0 Å². The first-order chi connectivity index (χ1) is 6.70. The van der Waals surface area contributed by atoms with E-state index in [9.17, 15) is 4.79 Å². The number of carbonyl (C=O) groups is 1. The molecule has 1 atom stereocenters. The summed E-state index contributed by atoms with van der Waals surface area (Å²) < 4.78 is 5.13. The first-order valence-electron chi connectivity index (χ1n) is 4.18. The van der Waals surface area contributed by atoms with Crippen molar-refractivity contribution in [3.8, 4) is 0 Å². The summed E-state index contributed by atoms with van der Waals surface area (Å²) in [5, 5.41) is 7.49. The normalized spacial score (nSPS) is 11.5. The third-order valence-corrected chi connectivity index (χ3v) is 1.96. The SMILES string of the molecule is O=C(O)C(Cl)COCc1ccccc1.[H-].[Na+]. The van der Waals surface area contributed by atoms with Crippen molar-refractivity contribution in [2.24, 2.45) is 0 Å². The molecule has 0 fully saturated rings. The molecule has 0 heterocycles. The summed E-state index contributed by atoms with van der Waals surface area (Å²) in [6.45, 7) is 0.406. The van der Waals surface area contributed by atoms with Gasteiger partial charge in [-0.2, -0.15) is 0 Å². The van der Waals surface area contributed by atoms with Gasteiger partial charge < -0.3 is 11.3 Å². The van der Waals surface area contributed by atoms with Crippen molar-refractivity contribution in [3.63, 3.8) is 0 Å². The van der Waals surface area contributed by atoms with E-state index < -0.39 is 11.3 Å². The molecule has 0 aliphatic rings. The topological polar surface area (TPSA) is 46.5 Å². The largest absolute Gasteiger partial charge is 1.00 e. The first-order valence-corrected chi connectivity index (χ1v) is 4.62. The van der Waals surface area contributed by atoms with Crippen molar-refractivity contribution in [3.05, 3.63) is 35.9 Å². The maximum atomic E-state index is 10.3. The van der Waals surface area contributed by atoms with Crippen LogP contribution in [0.3, 0.4) is 0 Å². The second-order valence-corrected chi connectivity index (χ2v) is 3.33. The molecule has 0 saturated carbocycles. The number of hydrogen-bond acceptors (Lipinski definition) is 2. The van der Waals surface area contributed by atoms with Gasteiger partial charge in [0.2, 0.25) is 0 Å². The molecular weight excluding hydrogens is 227 g/mol. The van der Waals surface area contributed by atoms with E-state index in [1.54, 1.807) is 0 Å². The molecule has 0 bridgehead atoms. The van der Waals surface area contributed by atoms with Crippen molar-refractivity contribution >= 4 is 17.6 Å². The second-order valence-electron chi connectivity index (χ2n) is 2.81. The minimum Gasteiger partial charge on any atom is -1.00 e. The molecule has 0 radical (unpaired) electrons. The third kappa shape index (κ3) is 6.17. The molecule has 0 aromatic heterocycles. The molecule has 0 aliphatic heterocycles. The summed E-state index contributed by atoms with van der Waals surface area (Å²) in [6, 6.07) is 9.52. The van der Waals surface area contributed by atoms with E-state index in [0.29, 0.717) is 6.61 Å². The summed E-state index contributed by atoms with van der Waals surface area (Å²) >= 11 is 5.46. The first kappa shape index (κ1) is 14.9. The molecule has 1 aromatic carbocycles. The number of benzene rings is 1. The predicted octanol–water partition coefficient (Wildman–Crippen LogP) is -0.988. The molecule has 15 heavy (non-hydrogen) atoms. The van der Waals surface area contributed by atoms with E-state index in [1.807, 2.05) is 30.3 Å². The van der Waals surface area contributed by atoms with Crippen molar-refractivity contribution in [1.82, 2.24) is 0 Å². The van der Waals surface area contributed by atoms with Crippen molar-refractivity contribution < 1.29 is 45.6 Å². The van der Waals surface area contributed by atoms with Crippen molar-refractivity contribution in [2.45, 2.75) is 12.0 Å². The van der Waals surface area contributed by atoms with Gasteiger partial charge in [-0.3, -0.25) is 4.79 Å². The summed E-state index contributed by atoms with van der Waals surface area (Å²) in [4.78, 5) is 10.3. The van der Waals surface area contributed by atoms with Crippen LogP contribution in [0.1, 0.15) is 6.99 Å². The second kappa shape index (κ2) is 8.13. The maximum absolute atomic E-state index is 10.3. The van der Waals surface area contributed by atoms with Crippen LogP contribution in [-0.4, -0.2) is 23.1 Å². The summed E-state index contributed by atoms with van der Waals surface area (Å²) in [5.41, 5.74) is 1.00. The molecular formula is C10H12ClNaO3. The van der Waals surface area contributed by atoms with Gasteiger partial charge in [0.25, 0.3) is 0 Å². The Morgan fingerprint density at radius 1 is 1.47 bits per heavy atom. The van der Waals surface area contributed by atoms with Crippen LogP contribution >= 0.6 is 11.6 Å². The van der Waals surface area contributed by atoms with Crippen LogP contribution in [-0.2, 0) is 16.1 Å². The van der Waals surface area contributed by atoms with Gasteiger partial charge in [0.15, 0.2) is 5.38 Å². The average molecular weight is 239 g/mol. The smallest absolute Gasteiger partial charge is 1.00 e. The van der Waals surface area contributed by atoms with Gasteiger partial charge in [0, 0.05) is 0 Å². The number of halogens is 1. The molecule has 5 heteroatoms. The van der Waals surface area contributed by atoms with Crippen molar-refractivity contribution in [1.29, 1.82) is 0 Å². The molecule has 0 saturated heterocycles. The Morgan fingerprint density at radius 3 is 2.60 bits per heavy atom. The Morgan fingerprint density at radius 2 is 2.07 bits per heavy atom. The third-order valence-electron chi connectivity index (χ3n) is 1.64. The van der Waals surface area contributed by atoms with Crippen LogP contribution in [0.5, 0.6) is 0 Å². The number of rotatable bonds is 5. The van der Waals surface area contributed by atoms with Gasteiger partial charge in [0.05, 0.1) is 13.2 Å². The van der Waals surface area contributed by atoms with Gasteiger partial charge in [-0.1, -0.05) is 30.3 Å². The minimum atomic E-state index is -1.06. The van der Waals surface area contributed by atoms with E-state index in [-0.39, 0.29) is 37.6 Å².